The molecule has 20 heavy (non-hydrogen) atoms. The number of hydrogen-bond donors (Lipinski definition) is 2. The summed E-state index contributed by atoms with van der Waals surface area (Å²) in [5, 5.41) is 9.05. The van der Waals surface area contributed by atoms with E-state index in [2.05, 4.69) is 26.9 Å². The lowest BCUT2D eigenvalue weighted by atomic mass is 10.2. The molecule has 0 saturated carbocycles. The number of aromatic nitrogens is 1. The summed E-state index contributed by atoms with van der Waals surface area (Å²) >= 11 is 1.62. The van der Waals surface area contributed by atoms with E-state index in [0.717, 1.165) is 60.7 Å². The van der Waals surface area contributed by atoms with Gasteiger partial charge in [0.05, 0.1) is 28.2 Å². The number of aliphatic hydroxyl groups is 1. The zero-order chi connectivity index (χ0) is 13.9. The molecular weight excluding hydrogens is 272 g/mol. The molecule has 0 atom stereocenters. The first-order chi connectivity index (χ1) is 9.79. The predicted octanol–water partition coefficient (Wildman–Crippen LogP) is 1.38. The molecule has 2 aromatic rings. The van der Waals surface area contributed by atoms with Crippen LogP contribution in [0.25, 0.3) is 10.2 Å². The standard InChI is InChI=1S/C14H20N4OS/c15-13-11(2-3-12-14(13)16-10-20-12)18-5-1-4-17(6-7-18)8-9-19/h2-3,10,19H,1,4-9,15H2. The van der Waals surface area contributed by atoms with E-state index in [-0.39, 0.29) is 6.61 Å². The Balaban J connectivity index is 1.82. The average molecular weight is 292 g/mol. The van der Waals surface area contributed by atoms with Crippen LogP contribution in [0, 0.1) is 0 Å². The number of fused-ring (bicyclic) bond motifs is 1. The molecule has 0 amide bonds. The summed E-state index contributed by atoms with van der Waals surface area (Å²) in [7, 11) is 0. The second-order valence-corrected chi connectivity index (χ2v) is 5.99. The van der Waals surface area contributed by atoms with E-state index in [1.54, 1.807) is 11.3 Å². The van der Waals surface area contributed by atoms with E-state index in [1.165, 1.54) is 0 Å². The summed E-state index contributed by atoms with van der Waals surface area (Å²) in [5.41, 5.74) is 10.9. The molecule has 1 aliphatic heterocycles. The lowest BCUT2D eigenvalue weighted by Gasteiger charge is -2.24. The van der Waals surface area contributed by atoms with E-state index in [1.807, 2.05) is 5.51 Å². The Kier molecular flexibility index (Phi) is 4.05. The van der Waals surface area contributed by atoms with Crippen LogP contribution in [0.4, 0.5) is 11.4 Å². The van der Waals surface area contributed by atoms with Crippen molar-refractivity contribution in [3.63, 3.8) is 0 Å². The summed E-state index contributed by atoms with van der Waals surface area (Å²) < 4.78 is 1.14. The van der Waals surface area contributed by atoms with Gasteiger partial charge in [0.15, 0.2) is 0 Å². The van der Waals surface area contributed by atoms with Crippen LogP contribution < -0.4 is 10.6 Å². The van der Waals surface area contributed by atoms with Crippen LogP contribution in [0.15, 0.2) is 17.6 Å². The predicted molar refractivity (Wildman–Crippen MR) is 84.4 cm³/mol. The second kappa shape index (κ2) is 5.95. The van der Waals surface area contributed by atoms with Gasteiger partial charge in [-0.2, -0.15) is 0 Å². The van der Waals surface area contributed by atoms with E-state index >= 15 is 0 Å². The van der Waals surface area contributed by atoms with Crippen LogP contribution in [0.2, 0.25) is 0 Å². The molecule has 5 nitrogen and oxygen atoms in total. The molecule has 1 aliphatic rings. The monoisotopic (exact) mass is 292 g/mol. The zero-order valence-electron chi connectivity index (χ0n) is 11.5. The number of β-amino-alcohol motifs (C(OH)–C–C–N with tert-alkyl or cyclic N) is 1. The van der Waals surface area contributed by atoms with Crippen LogP contribution in [-0.4, -0.2) is 54.3 Å². The fraction of sp³-hybridized carbons (Fsp3) is 0.500. The summed E-state index contributed by atoms with van der Waals surface area (Å²) in [6.07, 6.45) is 1.09. The largest absolute Gasteiger partial charge is 0.395 e. The smallest absolute Gasteiger partial charge is 0.106 e. The van der Waals surface area contributed by atoms with E-state index in [4.69, 9.17) is 10.8 Å². The number of hydrogen-bond acceptors (Lipinski definition) is 6. The molecule has 0 spiro atoms. The minimum absolute atomic E-state index is 0.229. The van der Waals surface area contributed by atoms with Crippen molar-refractivity contribution in [3.8, 4) is 0 Å². The van der Waals surface area contributed by atoms with Gasteiger partial charge in [0.1, 0.15) is 5.52 Å². The normalized spacial score (nSPS) is 17.6. The highest BCUT2D eigenvalue weighted by atomic mass is 32.1. The quantitative estimate of drug-likeness (QED) is 0.837. The Hall–Kier alpha value is -1.37. The minimum atomic E-state index is 0.229. The molecule has 108 valence electrons. The van der Waals surface area contributed by atoms with E-state index in [0.29, 0.717) is 0 Å². The third kappa shape index (κ3) is 2.59. The first-order valence-corrected chi connectivity index (χ1v) is 7.87. The fourth-order valence-corrected chi connectivity index (χ4v) is 3.49. The van der Waals surface area contributed by atoms with Crippen molar-refractivity contribution < 1.29 is 5.11 Å². The third-order valence-corrected chi connectivity index (χ3v) is 4.66. The SMILES string of the molecule is Nc1c(N2CCCN(CCO)CC2)ccc2scnc12. The lowest BCUT2D eigenvalue weighted by Crippen LogP contribution is -2.32. The number of aliphatic hydroxyl groups excluding tert-OH is 1. The zero-order valence-corrected chi connectivity index (χ0v) is 12.3. The number of nitrogen functional groups attached to an aromatic ring is 1. The molecule has 0 radical (unpaired) electrons. The van der Waals surface area contributed by atoms with Gasteiger partial charge in [-0.3, -0.25) is 4.90 Å². The third-order valence-electron chi connectivity index (χ3n) is 3.86. The first-order valence-electron chi connectivity index (χ1n) is 6.99. The highest BCUT2D eigenvalue weighted by Crippen LogP contribution is 2.32. The molecule has 1 saturated heterocycles. The van der Waals surface area contributed by atoms with Crippen molar-refractivity contribution in [3.05, 3.63) is 17.6 Å². The van der Waals surface area contributed by atoms with Crippen LogP contribution in [0.5, 0.6) is 0 Å². The average Bonchev–Trinajstić information content (AvgIpc) is 2.82. The van der Waals surface area contributed by atoms with Gasteiger partial charge in [-0.15, -0.1) is 11.3 Å². The minimum Gasteiger partial charge on any atom is -0.395 e. The van der Waals surface area contributed by atoms with Crippen molar-refractivity contribution in [2.75, 3.05) is 50.0 Å². The molecular formula is C14H20N4OS. The van der Waals surface area contributed by atoms with Gasteiger partial charge in [-0.25, -0.2) is 4.98 Å². The number of rotatable bonds is 3. The molecule has 1 aromatic heterocycles. The molecule has 3 N–H and O–H groups in total. The number of anilines is 2. The number of benzene rings is 1. The van der Waals surface area contributed by atoms with Gasteiger partial charge in [0, 0.05) is 26.2 Å². The Labute approximate surface area is 122 Å². The van der Waals surface area contributed by atoms with E-state index in [9.17, 15) is 0 Å². The molecule has 0 unspecified atom stereocenters. The summed E-state index contributed by atoms with van der Waals surface area (Å²) in [6.45, 7) is 4.94. The van der Waals surface area contributed by atoms with Crippen LogP contribution in [0.3, 0.4) is 0 Å². The van der Waals surface area contributed by atoms with Gasteiger partial charge in [-0.05, 0) is 25.1 Å². The van der Waals surface area contributed by atoms with Gasteiger partial charge in [-0.1, -0.05) is 0 Å². The summed E-state index contributed by atoms with van der Waals surface area (Å²) in [6, 6.07) is 4.21. The van der Waals surface area contributed by atoms with Crippen LogP contribution >= 0.6 is 11.3 Å². The highest BCUT2D eigenvalue weighted by molar-refractivity contribution is 7.16. The van der Waals surface area contributed by atoms with Crippen molar-refractivity contribution in [1.29, 1.82) is 0 Å². The Morgan fingerprint density at radius 1 is 1.25 bits per heavy atom. The van der Waals surface area contributed by atoms with Crippen molar-refractivity contribution >= 4 is 32.9 Å². The molecule has 1 aromatic carbocycles. The Morgan fingerprint density at radius 2 is 2.15 bits per heavy atom. The van der Waals surface area contributed by atoms with Crippen molar-refractivity contribution in [2.24, 2.45) is 0 Å². The summed E-state index contributed by atoms with van der Waals surface area (Å²) in [5.74, 6) is 0. The van der Waals surface area contributed by atoms with Gasteiger partial charge < -0.3 is 15.7 Å². The lowest BCUT2D eigenvalue weighted by molar-refractivity contribution is 0.204. The maximum absolute atomic E-state index is 9.05. The summed E-state index contributed by atoms with van der Waals surface area (Å²) in [4.78, 5) is 9.01. The second-order valence-electron chi connectivity index (χ2n) is 5.10. The molecule has 0 aliphatic carbocycles. The molecule has 3 rings (SSSR count). The van der Waals surface area contributed by atoms with Crippen molar-refractivity contribution in [2.45, 2.75) is 6.42 Å². The van der Waals surface area contributed by atoms with Crippen molar-refractivity contribution in [1.82, 2.24) is 9.88 Å². The van der Waals surface area contributed by atoms with Gasteiger partial charge >= 0.3 is 0 Å². The maximum Gasteiger partial charge on any atom is 0.106 e. The highest BCUT2D eigenvalue weighted by Gasteiger charge is 2.18. The molecule has 1 fully saturated rings. The van der Waals surface area contributed by atoms with Crippen LogP contribution in [0.1, 0.15) is 6.42 Å². The van der Waals surface area contributed by atoms with Gasteiger partial charge in [0.25, 0.3) is 0 Å². The fourth-order valence-electron chi connectivity index (χ4n) is 2.79. The van der Waals surface area contributed by atoms with E-state index < -0.39 is 0 Å². The van der Waals surface area contributed by atoms with Crippen LogP contribution in [-0.2, 0) is 0 Å². The molecule has 0 bridgehead atoms. The Morgan fingerprint density at radius 3 is 3.00 bits per heavy atom. The maximum atomic E-state index is 9.05. The first kappa shape index (κ1) is 13.6. The number of nitrogens with zero attached hydrogens (tertiary/aromatic N) is 3. The topological polar surface area (TPSA) is 65.6 Å². The number of thiazole rings is 1. The molecule has 6 heteroatoms. The van der Waals surface area contributed by atoms with Gasteiger partial charge in [0.2, 0.25) is 0 Å². The Bertz CT molecular complexity index is 586. The number of nitrogens with two attached hydrogens (primary N) is 1. The molecule has 2 heterocycles.